The molecule has 0 spiro atoms. The van der Waals surface area contributed by atoms with Crippen LogP contribution in [0.25, 0.3) is 0 Å². The van der Waals surface area contributed by atoms with E-state index in [4.69, 9.17) is 10.5 Å². The molecule has 1 saturated carbocycles. The lowest BCUT2D eigenvalue weighted by molar-refractivity contribution is 0.0755. The van der Waals surface area contributed by atoms with E-state index in [1.165, 1.54) is 32.1 Å². The van der Waals surface area contributed by atoms with E-state index in [1.807, 2.05) is 0 Å². The molecule has 0 radical (unpaired) electrons. The average molecular weight is 228 g/mol. The molecule has 0 aliphatic heterocycles. The molecule has 0 heterocycles. The molecule has 1 rings (SSSR count). The van der Waals surface area contributed by atoms with Crippen LogP contribution >= 0.6 is 0 Å². The van der Waals surface area contributed by atoms with Gasteiger partial charge in [0.15, 0.2) is 0 Å². The van der Waals surface area contributed by atoms with Gasteiger partial charge in [-0.2, -0.15) is 0 Å². The molecule has 0 amide bonds. The van der Waals surface area contributed by atoms with Gasteiger partial charge in [-0.25, -0.2) is 0 Å². The second-order valence-electron chi connectivity index (χ2n) is 4.86. The summed E-state index contributed by atoms with van der Waals surface area (Å²) in [5, 5.41) is 0. The number of methoxy groups -OCH3 is 1. The van der Waals surface area contributed by atoms with E-state index < -0.39 is 0 Å². The first-order valence-electron chi connectivity index (χ1n) is 6.74. The lowest BCUT2D eigenvalue weighted by Gasteiger charge is -2.37. The van der Waals surface area contributed by atoms with Crippen LogP contribution in [-0.2, 0) is 4.74 Å². The maximum atomic E-state index is 6.22. The highest BCUT2D eigenvalue weighted by atomic mass is 16.5. The van der Waals surface area contributed by atoms with E-state index in [0.717, 1.165) is 13.2 Å². The normalized spacial score (nSPS) is 25.9. The predicted octanol–water partition coefficient (Wildman–Crippen LogP) is 2.00. The SMILES string of the molecule is CCC(CC)N(CCOC)C1CCCC1N. The van der Waals surface area contributed by atoms with Gasteiger partial charge in [-0.1, -0.05) is 20.3 Å². The molecule has 3 heteroatoms. The molecule has 0 aromatic heterocycles. The Morgan fingerprint density at radius 3 is 2.44 bits per heavy atom. The lowest BCUT2D eigenvalue weighted by Crippen LogP contribution is -2.50. The average Bonchev–Trinajstić information content (AvgIpc) is 2.71. The second kappa shape index (κ2) is 7.25. The lowest BCUT2D eigenvalue weighted by atomic mass is 10.0. The van der Waals surface area contributed by atoms with E-state index in [1.54, 1.807) is 7.11 Å². The third-order valence-electron chi connectivity index (χ3n) is 3.92. The summed E-state index contributed by atoms with van der Waals surface area (Å²) in [6, 6.07) is 1.63. The van der Waals surface area contributed by atoms with Gasteiger partial charge in [0.25, 0.3) is 0 Å². The largest absolute Gasteiger partial charge is 0.383 e. The summed E-state index contributed by atoms with van der Waals surface area (Å²) in [7, 11) is 1.78. The fourth-order valence-corrected chi connectivity index (χ4v) is 2.95. The minimum Gasteiger partial charge on any atom is -0.383 e. The maximum absolute atomic E-state index is 6.22. The zero-order chi connectivity index (χ0) is 12.0. The van der Waals surface area contributed by atoms with Crippen molar-refractivity contribution in [2.24, 2.45) is 5.73 Å². The van der Waals surface area contributed by atoms with Crippen LogP contribution in [0.15, 0.2) is 0 Å². The van der Waals surface area contributed by atoms with Gasteiger partial charge in [0.2, 0.25) is 0 Å². The Morgan fingerprint density at radius 1 is 1.31 bits per heavy atom. The minimum absolute atomic E-state index is 0.373. The predicted molar refractivity (Wildman–Crippen MR) is 68.6 cm³/mol. The van der Waals surface area contributed by atoms with Gasteiger partial charge in [0, 0.05) is 31.8 Å². The van der Waals surface area contributed by atoms with Gasteiger partial charge in [0.1, 0.15) is 0 Å². The Morgan fingerprint density at radius 2 is 2.00 bits per heavy atom. The van der Waals surface area contributed by atoms with Crippen LogP contribution in [0.2, 0.25) is 0 Å². The van der Waals surface area contributed by atoms with Crippen molar-refractivity contribution < 1.29 is 4.74 Å². The quantitative estimate of drug-likeness (QED) is 0.724. The Balaban J connectivity index is 2.60. The van der Waals surface area contributed by atoms with Crippen LogP contribution in [0.1, 0.15) is 46.0 Å². The molecule has 2 N–H and O–H groups in total. The summed E-state index contributed by atoms with van der Waals surface area (Å²) in [4.78, 5) is 2.60. The van der Waals surface area contributed by atoms with Crippen molar-refractivity contribution >= 4 is 0 Å². The summed E-state index contributed by atoms with van der Waals surface area (Å²) in [6.45, 7) is 6.39. The summed E-state index contributed by atoms with van der Waals surface area (Å²) >= 11 is 0. The highest BCUT2D eigenvalue weighted by Gasteiger charge is 2.32. The molecule has 1 aliphatic carbocycles. The molecule has 0 aromatic carbocycles. The van der Waals surface area contributed by atoms with Gasteiger partial charge in [-0.05, 0) is 25.7 Å². The first-order valence-corrected chi connectivity index (χ1v) is 6.74. The molecule has 0 saturated heterocycles. The second-order valence-corrected chi connectivity index (χ2v) is 4.86. The molecule has 0 aromatic rings. The minimum atomic E-state index is 0.373. The summed E-state index contributed by atoms with van der Waals surface area (Å²) in [6.07, 6.45) is 6.16. The molecule has 0 bridgehead atoms. The molecule has 1 aliphatic rings. The smallest absolute Gasteiger partial charge is 0.0589 e. The van der Waals surface area contributed by atoms with Crippen molar-refractivity contribution in [3.63, 3.8) is 0 Å². The van der Waals surface area contributed by atoms with Crippen molar-refractivity contribution in [1.29, 1.82) is 0 Å². The van der Waals surface area contributed by atoms with Crippen LogP contribution < -0.4 is 5.73 Å². The van der Waals surface area contributed by atoms with Crippen molar-refractivity contribution in [3.8, 4) is 0 Å². The summed E-state index contributed by atoms with van der Waals surface area (Å²) in [5.74, 6) is 0. The fourth-order valence-electron chi connectivity index (χ4n) is 2.95. The van der Waals surface area contributed by atoms with Gasteiger partial charge in [0.05, 0.1) is 6.61 Å². The summed E-state index contributed by atoms with van der Waals surface area (Å²) in [5.41, 5.74) is 6.22. The van der Waals surface area contributed by atoms with Crippen molar-refractivity contribution in [3.05, 3.63) is 0 Å². The number of hydrogen-bond acceptors (Lipinski definition) is 3. The van der Waals surface area contributed by atoms with Crippen molar-refractivity contribution in [2.45, 2.75) is 64.1 Å². The molecular formula is C13H28N2O. The Kier molecular flexibility index (Phi) is 6.32. The molecule has 3 nitrogen and oxygen atoms in total. The number of ether oxygens (including phenoxy) is 1. The number of nitrogens with zero attached hydrogens (tertiary/aromatic N) is 1. The third-order valence-corrected chi connectivity index (χ3v) is 3.92. The first kappa shape index (κ1) is 13.9. The van der Waals surface area contributed by atoms with Crippen LogP contribution in [-0.4, -0.2) is 43.3 Å². The molecule has 16 heavy (non-hydrogen) atoms. The maximum Gasteiger partial charge on any atom is 0.0589 e. The zero-order valence-electron chi connectivity index (χ0n) is 11.1. The van der Waals surface area contributed by atoms with Crippen LogP contribution in [0, 0.1) is 0 Å². The third kappa shape index (κ3) is 3.44. The molecule has 96 valence electrons. The molecule has 1 fully saturated rings. The van der Waals surface area contributed by atoms with Crippen molar-refractivity contribution in [2.75, 3.05) is 20.3 Å². The molecule has 2 unspecified atom stereocenters. The highest BCUT2D eigenvalue weighted by molar-refractivity contribution is 4.90. The number of rotatable bonds is 7. The topological polar surface area (TPSA) is 38.5 Å². The monoisotopic (exact) mass is 228 g/mol. The Bertz CT molecular complexity index is 183. The van der Waals surface area contributed by atoms with Gasteiger partial charge < -0.3 is 10.5 Å². The standard InChI is InChI=1S/C13H28N2O/c1-4-11(5-2)15(9-10-16-3)13-8-6-7-12(13)14/h11-13H,4-10,14H2,1-3H3. The highest BCUT2D eigenvalue weighted by Crippen LogP contribution is 2.26. The molecule has 2 atom stereocenters. The van der Waals surface area contributed by atoms with Crippen LogP contribution in [0.3, 0.4) is 0 Å². The Hall–Kier alpha value is -0.120. The van der Waals surface area contributed by atoms with Gasteiger partial charge >= 0.3 is 0 Å². The first-order chi connectivity index (χ1) is 7.74. The number of nitrogens with two attached hydrogens (primary N) is 1. The van der Waals surface area contributed by atoms with Gasteiger partial charge in [-0.15, -0.1) is 0 Å². The van der Waals surface area contributed by atoms with Crippen LogP contribution in [0.4, 0.5) is 0 Å². The van der Waals surface area contributed by atoms with E-state index in [-0.39, 0.29) is 0 Å². The Labute approximate surface area is 100 Å². The van der Waals surface area contributed by atoms with E-state index in [0.29, 0.717) is 18.1 Å². The van der Waals surface area contributed by atoms with Crippen molar-refractivity contribution in [1.82, 2.24) is 4.90 Å². The van der Waals surface area contributed by atoms with E-state index in [9.17, 15) is 0 Å². The summed E-state index contributed by atoms with van der Waals surface area (Å²) < 4.78 is 5.22. The fraction of sp³-hybridized carbons (Fsp3) is 1.00. The van der Waals surface area contributed by atoms with E-state index >= 15 is 0 Å². The van der Waals surface area contributed by atoms with Crippen LogP contribution in [0.5, 0.6) is 0 Å². The zero-order valence-corrected chi connectivity index (χ0v) is 11.1. The van der Waals surface area contributed by atoms with Gasteiger partial charge in [-0.3, -0.25) is 4.90 Å². The number of hydrogen-bond donors (Lipinski definition) is 1. The molecular weight excluding hydrogens is 200 g/mol. The van der Waals surface area contributed by atoms with E-state index in [2.05, 4.69) is 18.7 Å².